The van der Waals surface area contributed by atoms with Crippen LogP contribution in [0.15, 0.2) is 84.9 Å². The van der Waals surface area contributed by atoms with E-state index in [1.54, 1.807) is 19.2 Å². The van der Waals surface area contributed by atoms with Crippen molar-refractivity contribution >= 4 is 24.9 Å². The lowest BCUT2D eigenvalue weighted by Gasteiger charge is -2.27. The monoisotopic (exact) mass is 678 g/mol. The van der Waals surface area contributed by atoms with Crippen LogP contribution in [0.1, 0.15) is 52.7 Å². The first-order chi connectivity index (χ1) is 22.2. The summed E-state index contributed by atoms with van der Waals surface area (Å²) in [7, 11) is -3.92. The first kappa shape index (κ1) is 34.5. The predicted octanol–water partition coefficient (Wildman–Crippen LogP) is 8.52. The summed E-state index contributed by atoms with van der Waals surface area (Å²) in [5.41, 5.74) is 2.06. The van der Waals surface area contributed by atoms with Crippen molar-refractivity contribution in [1.29, 1.82) is 0 Å². The highest BCUT2D eigenvalue weighted by atomic mass is 31.2. The Hall–Kier alpha value is -3.86. The minimum absolute atomic E-state index is 0.0502. The summed E-state index contributed by atoms with van der Waals surface area (Å²) < 4.78 is 55.8. The van der Waals surface area contributed by atoms with Crippen molar-refractivity contribution < 1.29 is 37.9 Å². The number of aromatic hydroxyl groups is 1. The maximum Gasteiger partial charge on any atom is 0.163 e. The number of ether oxygens (including phenoxy) is 5. The molecule has 6 rings (SSSR count). The van der Waals surface area contributed by atoms with Crippen molar-refractivity contribution in [2.45, 2.75) is 65.1 Å². The Morgan fingerprint density at radius 3 is 1.51 bits per heavy atom. The molecule has 2 atom stereocenters. The zero-order valence-electron chi connectivity index (χ0n) is 28.1. The first-order valence-corrected chi connectivity index (χ1v) is 19.3. The summed E-state index contributed by atoms with van der Waals surface area (Å²) >= 11 is 0. The maximum absolute atomic E-state index is 13.6. The highest BCUT2D eigenvalue weighted by Crippen LogP contribution is 2.64. The van der Waals surface area contributed by atoms with Crippen molar-refractivity contribution in [2.24, 2.45) is 0 Å². The van der Waals surface area contributed by atoms with Gasteiger partial charge in [0.1, 0.15) is 60.4 Å². The molecule has 2 heterocycles. The highest BCUT2D eigenvalue weighted by molar-refractivity contribution is 7.74. The van der Waals surface area contributed by atoms with Crippen LogP contribution in [0.4, 0.5) is 0 Å². The molecule has 10 heteroatoms. The fourth-order valence-corrected chi connectivity index (χ4v) is 10.3. The molecule has 0 radical (unpaired) electrons. The second kappa shape index (κ2) is 13.3. The summed E-state index contributed by atoms with van der Waals surface area (Å²) in [6.07, 6.45) is 0.359. The zero-order valence-corrected chi connectivity index (χ0v) is 29.9. The van der Waals surface area contributed by atoms with Gasteiger partial charge in [-0.1, -0.05) is 102 Å². The van der Waals surface area contributed by atoms with Crippen molar-refractivity contribution in [1.82, 2.24) is 0 Å². The molecule has 0 fully saturated rings. The number of rotatable bonds is 7. The second-order valence-corrected chi connectivity index (χ2v) is 20.7. The lowest BCUT2D eigenvalue weighted by atomic mass is 10.2. The zero-order chi connectivity index (χ0) is 34.0. The van der Waals surface area contributed by atoms with Crippen LogP contribution in [0.2, 0.25) is 0 Å². The van der Waals surface area contributed by atoms with E-state index < -0.39 is 24.6 Å². The molecule has 0 spiro atoms. The Bertz CT molecular complexity index is 1810. The quantitative estimate of drug-likeness (QED) is 0.194. The standard InChI is InChI=1S/C19H23O4P.C18H21O4P/c1-19(2,3)24(20)13-23-17-11-15(21-4)10-16(18(17)24)22-12-14-8-6-5-7-9-14;1-18(2,3)23(20)12-22-16-10-14(19)9-15(17(16)23)21-11-13-7-5-4-6-8-13/h5-11H,12-13H2,1-4H3;4-10,19H,11-12H2,1-3H3. The van der Waals surface area contributed by atoms with Crippen molar-refractivity contribution in [2.75, 3.05) is 19.8 Å². The molecule has 0 saturated carbocycles. The third-order valence-corrected chi connectivity index (χ3v) is 16.1. The van der Waals surface area contributed by atoms with Crippen molar-refractivity contribution in [3.05, 3.63) is 96.1 Å². The molecule has 1 N–H and O–H groups in total. The van der Waals surface area contributed by atoms with Gasteiger partial charge in [0.05, 0.1) is 17.7 Å². The van der Waals surface area contributed by atoms with Gasteiger partial charge in [-0.3, -0.25) is 0 Å². The second-order valence-electron chi connectivity index (χ2n) is 13.7. The number of hydrogen-bond donors (Lipinski definition) is 1. The lowest BCUT2D eigenvalue weighted by molar-refractivity contribution is 0.304. The number of benzene rings is 4. The summed E-state index contributed by atoms with van der Waals surface area (Å²) in [5, 5.41) is 10.4. The Balaban J connectivity index is 0.000000185. The molecule has 0 saturated heterocycles. The van der Waals surface area contributed by atoms with E-state index in [2.05, 4.69) is 0 Å². The largest absolute Gasteiger partial charge is 0.508 e. The van der Waals surface area contributed by atoms with Gasteiger partial charge in [-0.25, -0.2) is 0 Å². The molecule has 0 amide bonds. The number of phenolic OH excluding ortho intramolecular Hbond substituents is 1. The molecule has 4 aromatic rings. The van der Waals surface area contributed by atoms with E-state index in [-0.39, 0.29) is 18.4 Å². The van der Waals surface area contributed by atoms with E-state index in [0.29, 0.717) is 52.6 Å². The van der Waals surface area contributed by atoms with Crippen LogP contribution in [0.5, 0.6) is 34.5 Å². The Kier molecular flexibility index (Phi) is 9.78. The minimum Gasteiger partial charge on any atom is -0.508 e. The summed E-state index contributed by atoms with van der Waals surface area (Å²) in [5.74, 6) is 2.79. The Morgan fingerprint density at radius 1 is 0.660 bits per heavy atom. The van der Waals surface area contributed by atoms with Crippen molar-refractivity contribution in [3.63, 3.8) is 0 Å². The van der Waals surface area contributed by atoms with Crippen LogP contribution in [0.25, 0.3) is 0 Å². The number of phenols is 1. The molecule has 0 bridgehead atoms. The molecule has 0 aromatic heterocycles. The SMILES string of the molecule is CC(C)(C)P1(=O)COc2cc(O)cc(OCc3ccccc3)c21.COc1cc(OCc2ccccc2)c2c(c1)OCP2(=O)C(C)(C)C. The van der Waals surface area contributed by atoms with E-state index in [1.807, 2.05) is 102 Å². The molecular formula is C37H44O8P2. The van der Waals surface area contributed by atoms with Crippen LogP contribution in [-0.4, -0.2) is 35.2 Å². The van der Waals surface area contributed by atoms with Gasteiger partial charge in [0, 0.05) is 34.6 Å². The van der Waals surface area contributed by atoms with E-state index in [9.17, 15) is 14.2 Å². The average Bonchev–Trinajstić information content (AvgIpc) is 3.58. The van der Waals surface area contributed by atoms with Crippen molar-refractivity contribution in [3.8, 4) is 34.5 Å². The molecule has 250 valence electrons. The van der Waals surface area contributed by atoms with Crippen LogP contribution >= 0.6 is 14.3 Å². The molecule has 47 heavy (non-hydrogen) atoms. The van der Waals surface area contributed by atoms with Gasteiger partial charge >= 0.3 is 0 Å². The normalized spacial score (nSPS) is 19.7. The first-order valence-electron chi connectivity index (χ1n) is 15.5. The van der Waals surface area contributed by atoms with E-state index in [1.165, 1.54) is 12.1 Å². The lowest BCUT2D eigenvalue weighted by Crippen LogP contribution is -2.23. The van der Waals surface area contributed by atoms with Gasteiger partial charge in [-0.2, -0.15) is 0 Å². The van der Waals surface area contributed by atoms with Crippen LogP contribution in [-0.2, 0) is 22.3 Å². The van der Waals surface area contributed by atoms with E-state index in [4.69, 9.17) is 23.7 Å². The van der Waals surface area contributed by atoms with Gasteiger partial charge in [0.15, 0.2) is 14.3 Å². The number of fused-ring (bicyclic) bond motifs is 2. The molecule has 4 aromatic carbocycles. The summed E-state index contributed by atoms with van der Waals surface area (Å²) in [6, 6.07) is 26.3. The van der Waals surface area contributed by atoms with Gasteiger partial charge in [0.2, 0.25) is 0 Å². The molecule has 2 unspecified atom stereocenters. The summed E-state index contributed by atoms with van der Waals surface area (Å²) in [4.78, 5) is 0. The minimum atomic E-state index is -2.78. The molecular weight excluding hydrogens is 634 g/mol. The maximum atomic E-state index is 13.6. The van der Waals surface area contributed by atoms with Gasteiger partial charge in [0.25, 0.3) is 0 Å². The third-order valence-electron chi connectivity index (χ3n) is 8.44. The number of hydrogen-bond acceptors (Lipinski definition) is 8. The molecule has 2 aliphatic heterocycles. The summed E-state index contributed by atoms with van der Waals surface area (Å²) in [6.45, 7) is 12.5. The van der Waals surface area contributed by atoms with Crippen LogP contribution in [0.3, 0.4) is 0 Å². The van der Waals surface area contributed by atoms with E-state index in [0.717, 1.165) is 11.1 Å². The fraction of sp³-hybridized carbons (Fsp3) is 0.351. The average molecular weight is 679 g/mol. The van der Waals surface area contributed by atoms with Gasteiger partial charge < -0.3 is 37.9 Å². The Labute approximate surface area is 277 Å². The van der Waals surface area contributed by atoms with Gasteiger partial charge in [-0.15, -0.1) is 0 Å². The highest BCUT2D eigenvalue weighted by Gasteiger charge is 2.48. The number of methoxy groups -OCH3 is 1. The Morgan fingerprint density at radius 2 is 1.09 bits per heavy atom. The topological polar surface area (TPSA) is 101 Å². The molecule has 8 nitrogen and oxygen atoms in total. The third kappa shape index (κ3) is 7.05. The predicted molar refractivity (Wildman–Crippen MR) is 188 cm³/mol. The smallest absolute Gasteiger partial charge is 0.163 e. The molecule has 0 aliphatic carbocycles. The fourth-order valence-electron chi connectivity index (χ4n) is 5.38. The van der Waals surface area contributed by atoms with Crippen LogP contribution < -0.4 is 34.3 Å². The van der Waals surface area contributed by atoms with Crippen LogP contribution in [0, 0.1) is 0 Å². The van der Waals surface area contributed by atoms with E-state index >= 15 is 0 Å². The molecule has 2 aliphatic rings. The van der Waals surface area contributed by atoms with Gasteiger partial charge in [-0.05, 0) is 11.1 Å².